The van der Waals surface area contributed by atoms with Gasteiger partial charge in [-0.3, -0.25) is 9.78 Å². The van der Waals surface area contributed by atoms with E-state index in [9.17, 15) is 15.3 Å². The smallest absolute Gasteiger partial charge is 0.240 e. The first-order valence-electron chi connectivity index (χ1n) is 10.4. The maximum Gasteiger partial charge on any atom is 0.240 e. The number of nitriles is 2. The quantitative estimate of drug-likeness (QED) is 0.547. The third-order valence-electron chi connectivity index (χ3n) is 5.54. The number of aromatic nitrogens is 2. The van der Waals surface area contributed by atoms with Crippen LogP contribution in [0.5, 0.6) is 0 Å². The van der Waals surface area contributed by atoms with Crippen molar-refractivity contribution in [3.8, 4) is 12.1 Å². The molecule has 1 atom stereocenters. The number of hydrogen-bond acceptors (Lipinski definition) is 7. The van der Waals surface area contributed by atoms with Crippen LogP contribution < -0.4 is 11.1 Å². The normalized spacial score (nSPS) is 14.8. The van der Waals surface area contributed by atoms with Gasteiger partial charge in [0.15, 0.2) is 18.7 Å². The number of nitrogen functional groups attached to an aromatic ring is 1. The standard InChI is InChI=1S/C24H19ClN8O/c1-13-3-22(28)31-14(2)19(13)10-30-24(34)20-12-33(32-21(20)8-27)11-15-4-16-6-18(25)9-29-23(16)17(5-15)7-26/h3-6,9,12,20H,10-11H2,1-2H3,(H2-,28,30,31,34)/p+1. The van der Waals surface area contributed by atoms with Crippen LogP contribution in [0.3, 0.4) is 0 Å². The molecule has 9 nitrogen and oxygen atoms in total. The van der Waals surface area contributed by atoms with Crippen LogP contribution in [0.15, 0.2) is 35.6 Å². The van der Waals surface area contributed by atoms with E-state index < -0.39 is 5.92 Å². The highest BCUT2D eigenvalue weighted by atomic mass is 35.5. The summed E-state index contributed by atoms with van der Waals surface area (Å²) < 4.78 is 1.53. The number of carbonyl (C=O) groups is 1. The number of anilines is 1. The second-order valence-electron chi connectivity index (χ2n) is 7.95. The number of benzene rings is 1. The number of nitrogens with two attached hydrogens (primary N) is 1. The molecule has 1 aromatic carbocycles. The molecule has 0 aliphatic carbocycles. The fourth-order valence-electron chi connectivity index (χ4n) is 3.94. The molecule has 1 aliphatic rings. The number of carbonyl (C=O) groups excluding carboxylic acids is 1. The minimum Gasteiger partial charge on any atom is -0.384 e. The van der Waals surface area contributed by atoms with E-state index in [4.69, 9.17) is 17.3 Å². The maximum absolute atomic E-state index is 12.9. The zero-order chi connectivity index (χ0) is 24.4. The third-order valence-corrected chi connectivity index (χ3v) is 5.74. The molecule has 0 bridgehead atoms. The highest BCUT2D eigenvalue weighted by Crippen LogP contribution is 2.23. The second-order valence-corrected chi connectivity index (χ2v) is 8.38. The highest BCUT2D eigenvalue weighted by molar-refractivity contribution is 6.31. The Hall–Kier alpha value is -4.34. The summed E-state index contributed by atoms with van der Waals surface area (Å²) in [5.74, 6) is -0.736. The fourth-order valence-corrected chi connectivity index (χ4v) is 4.10. The summed E-state index contributed by atoms with van der Waals surface area (Å²) in [5.41, 5.74) is 10.1. The molecule has 1 aliphatic heterocycles. The van der Waals surface area contributed by atoms with Gasteiger partial charge < -0.3 is 11.1 Å². The number of halogens is 1. The molecule has 34 heavy (non-hydrogen) atoms. The molecule has 10 heteroatoms. The number of pyridine rings is 2. The molecule has 0 saturated carbocycles. The van der Waals surface area contributed by atoms with Crippen LogP contribution in [0.1, 0.15) is 27.9 Å². The summed E-state index contributed by atoms with van der Waals surface area (Å²) in [6.45, 7) is 4.26. The zero-order valence-corrected chi connectivity index (χ0v) is 19.3. The Morgan fingerprint density at radius 1 is 1.24 bits per heavy atom. The van der Waals surface area contributed by atoms with E-state index in [0.29, 0.717) is 21.9 Å². The second kappa shape index (κ2) is 9.26. The van der Waals surface area contributed by atoms with E-state index in [1.165, 1.54) is 10.9 Å². The van der Waals surface area contributed by atoms with Crippen molar-refractivity contribution < 1.29 is 9.48 Å². The molecule has 3 heterocycles. The summed E-state index contributed by atoms with van der Waals surface area (Å²) in [4.78, 5) is 21.4. The van der Waals surface area contributed by atoms with E-state index in [0.717, 1.165) is 27.8 Å². The van der Waals surface area contributed by atoms with Gasteiger partial charge in [0.05, 0.1) is 16.1 Å². The monoisotopic (exact) mass is 471 g/mol. The lowest BCUT2D eigenvalue weighted by Crippen LogP contribution is -2.35. The average molecular weight is 472 g/mol. The molecule has 2 aromatic heterocycles. The predicted octanol–water partition coefficient (Wildman–Crippen LogP) is 2.76. The van der Waals surface area contributed by atoms with Crippen molar-refractivity contribution in [2.75, 3.05) is 5.73 Å². The van der Waals surface area contributed by atoms with Gasteiger partial charge in [-0.05, 0) is 49.2 Å². The molecule has 0 saturated heterocycles. The first-order chi connectivity index (χ1) is 16.3. The Bertz CT molecular complexity index is 1460. The van der Waals surface area contributed by atoms with Gasteiger partial charge in [-0.1, -0.05) is 16.3 Å². The number of nitrogens with one attached hydrogen (secondary N) is 1. The largest absolute Gasteiger partial charge is 0.384 e. The Labute approximate surface area is 200 Å². The van der Waals surface area contributed by atoms with Crippen molar-refractivity contribution in [1.82, 2.24) is 15.3 Å². The van der Waals surface area contributed by atoms with Crippen LogP contribution in [-0.4, -0.2) is 32.5 Å². The van der Waals surface area contributed by atoms with Gasteiger partial charge in [0.2, 0.25) is 11.6 Å². The van der Waals surface area contributed by atoms with Gasteiger partial charge in [0.1, 0.15) is 18.0 Å². The fraction of sp³-hybridized carbons (Fsp3) is 0.208. The van der Waals surface area contributed by atoms with Gasteiger partial charge in [-0.15, -0.1) is 0 Å². The summed E-state index contributed by atoms with van der Waals surface area (Å²) in [6.07, 6.45) is 3.09. The molecular weight excluding hydrogens is 452 g/mol. The average Bonchev–Trinajstić information content (AvgIpc) is 3.20. The molecule has 0 fully saturated rings. The van der Waals surface area contributed by atoms with Gasteiger partial charge >= 0.3 is 0 Å². The van der Waals surface area contributed by atoms with Crippen LogP contribution in [0, 0.1) is 42.4 Å². The number of hydrogen-bond donors (Lipinski definition) is 2. The zero-order valence-electron chi connectivity index (χ0n) is 18.5. The van der Waals surface area contributed by atoms with Crippen LogP contribution in [0.2, 0.25) is 5.02 Å². The SMILES string of the molecule is Cc1cc(N)nc(C)c1CNC(=O)C1C=[N+](Cc2cc(C#N)c3ncc(Cl)cc3c2)N=C1C#N. The molecule has 1 unspecified atom stereocenters. The van der Waals surface area contributed by atoms with E-state index >= 15 is 0 Å². The van der Waals surface area contributed by atoms with E-state index in [2.05, 4.69) is 26.5 Å². The van der Waals surface area contributed by atoms with E-state index in [1.54, 1.807) is 24.4 Å². The van der Waals surface area contributed by atoms with Crippen molar-refractivity contribution in [1.29, 1.82) is 10.5 Å². The van der Waals surface area contributed by atoms with Crippen molar-refractivity contribution in [3.05, 3.63) is 63.4 Å². The number of amides is 1. The third kappa shape index (κ3) is 4.56. The minimum atomic E-state index is -0.820. The van der Waals surface area contributed by atoms with Gasteiger partial charge in [-0.2, -0.15) is 10.5 Å². The van der Waals surface area contributed by atoms with Crippen molar-refractivity contribution in [2.24, 2.45) is 11.0 Å². The van der Waals surface area contributed by atoms with Crippen LogP contribution >= 0.6 is 11.6 Å². The van der Waals surface area contributed by atoms with Gasteiger partial charge in [-0.25, -0.2) is 4.98 Å². The molecule has 3 aromatic rings. The summed E-state index contributed by atoms with van der Waals surface area (Å²) >= 11 is 6.06. The number of fused-ring (bicyclic) bond motifs is 1. The molecule has 0 radical (unpaired) electrons. The molecular formula is C24H20ClN8O+. The Balaban J connectivity index is 1.54. The minimum absolute atomic E-state index is 0.0902. The molecule has 3 N–H and O–H groups in total. The van der Waals surface area contributed by atoms with Crippen LogP contribution in [0.4, 0.5) is 5.82 Å². The van der Waals surface area contributed by atoms with Crippen molar-refractivity contribution in [2.45, 2.75) is 26.9 Å². The lowest BCUT2D eigenvalue weighted by Gasteiger charge is -2.12. The topological polar surface area (TPSA) is 144 Å². The number of aryl methyl sites for hydroxylation is 2. The highest BCUT2D eigenvalue weighted by Gasteiger charge is 2.34. The van der Waals surface area contributed by atoms with Crippen LogP contribution in [0.25, 0.3) is 10.9 Å². The van der Waals surface area contributed by atoms with Crippen molar-refractivity contribution >= 4 is 46.2 Å². The van der Waals surface area contributed by atoms with E-state index in [1.807, 2.05) is 26.0 Å². The number of hydrazone groups is 1. The molecule has 1 amide bonds. The lowest BCUT2D eigenvalue weighted by molar-refractivity contribution is -0.542. The molecule has 168 valence electrons. The summed E-state index contributed by atoms with van der Waals surface area (Å²) in [5, 5.41) is 27.4. The summed E-state index contributed by atoms with van der Waals surface area (Å²) in [7, 11) is 0. The Kier molecular flexibility index (Phi) is 6.22. The molecule has 4 rings (SSSR count). The number of nitrogens with zero attached hydrogens (tertiary/aromatic N) is 6. The maximum atomic E-state index is 12.9. The van der Waals surface area contributed by atoms with Crippen molar-refractivity contribution in [3.63, 3.8) is 0 Å². The predicted molar refractivity (Wildman–Crippen MR) is 128 cm³/mol. The lowest BCUT2D eigenvalue weighted by atomic mass is 10.0. The Morgan fingerprint density at radius 3 is 2.74 bits per heavy atom. The first-order valence-corrected chi connectivity index (χ1v) is 10.8. The first kappa shape index (κ1) is 22.8. The van der Waals surface area contributed by atoms with E-state index in [-0.39, 0.29) is 24.7 Å². The van der Waals surface area contributed by atoms with Gasteiger partial charge in [0, 0.05) is 34.5 Å². The summed E-state index contributed by atoms with van der Waals surface area (Å²) in [6, 6.07) is 11.2. The molecule has 0 spiro atoms. The Morgan fingerprint density at radius 2 is 2.03 bits per heavy atom. The van der Waals surface area contributed by atoms with Crippen LogP contribution in [-0.2, 0) is 17.9 Å². The van der Waals surface area contributed by atoms with Gasteiger partial charge in [0.25, 0.3) is 0 Å². The number of rotatable bonds is 5.